The molecule has 0 radical (unpaired) electrons. The number of anilines is 1. The quantitative estimate of drug-likeness (QED) is 0.274. The first-order chi connectivity index (χ1) is 20.0. The van der Waals surface area contributed by atoms with Crippen LogP contribution in [0.4, 0.5) is 14.6 Å². The summed E-state index contributed by atoms with van der Waals surface area (Å²) in [5.74, 6) is -2.86. The first kappa shape index (κ1) is 32.5. The van der Waals surface area contributed by atoms with Gasteiger partial charge < -0.3 is 19.4 Å². The van der Waals surface area contributed by atoms with Gasteiger partial charge in [0.2, 0.25) is 11.8 Å². The first-order valence-corrected chi connectivity index (χ1v) is 17.5. The average molecular weight is 616 g/mol. The van der Waals surface area contributed by atoms with E-state index in [0.717, 1.165) is 0 Å². The third-order valence-electron chi connectivity index (χ3n) is 9.17. The van der Waals surface area contributed by atoms with E-state index in [1.165, 1.54) is 12.0 Å². The monoisotopic (exact) mass is 615 g/mol. The summed E-state index contributed by atoms with van der Waals surface area (Å²) in [7, 11) is 0.710. The van der Waals surface area contributed by atoms with E-state index in [1.807, 2.05) is 0 Å². The molecule has 2 N–H and O–H groups in total. The minimum atomic E-state index is -2.86. The number of methoxy groups -OCH3 is 1. The number of carbonyl (C=O) groups is 2. The molecule has 1 aromatic carbocycles. The number of hydrogen-bond acceptors (Lipinski definition) is 6. The summed E-state index contributed by atoms with van der Waals surface area (Å²) >= 11 is 0. The SMILES string of the molecule is COc1ccc(C2(C(=O)N(C)C(C(=O)Nc3ccc4[nH]ncc4n3)C(C)O[Si](C)(C)C(C)(C)C)CCC(F)(F)CC2)cc1. The maximum atomic E-state index is 14.6. The van der Waals surface area contributed by atoms with Crippen LogP contribution < -0.4 is 10.1 Å². The van der Waals surface area contributed by atoms with Crippen LogP contribution >= 0.6 is 0 Å². The molecule has 234 valence electrons. The van der Waals surface area contributed by atoms with Crippen LogP contribution in [-0.4, -0.2) is 72.4 Å². The number of amides is 2. The smallest absolute Gasteiger partial charge is 0.250 e. The maximum Gasteiger partial charge on any atom is 0.250 e. The normalized spacial score (nSPS) is 18.1. The van der Waals surface area contributed by atoms with Gasteiger partial charge in [0.25, 0.3) is 5.91 Å². The Morgan fingerprint density at radius 3 is 2.28 bits per heavy atom. The van der Waals surface area contributed by atoms with E-state index in [-0.39, 0.29) is 17.9 Å². The van der Waals surface area contributed by atoms with Crippen molar-refractivity contribution in [1.29, 1.82) is 0 Å². The van der Waals surface area contributed by atoms with Gasteiger partial charge in [0, 0.05) is 19.9 Å². The molecular formula is C31H43F2N5O4Si. The number of aromatic nitrogens is 3. The molecule has 0 aliphatic heterocycles. The molecule has 3 aromatic rings. The number of alkyl halides is 2. The van der Waals surface area contributed by atoms with Gasteiger partial charge in [-0.1, -0.05) is 32.9 Å². The molecule has 1 saturated carbocycles. The lowest BCUT2D eigenvalue weighted by atomic mass is 9.67. The Morgan fingerprint density at radius 1 is 1.07 bits per heavy atom. The topological polar surface area (TPSA) is 109 Å². The van der Waals surface area contributed by atoms with Crippen molar-refractivity contribution in [2.75, 3.05) is 19.5 Å². The summed E-state index contributed by atoms with van der Waals surface area (Å²) in [6, 6.07) is 9.29. The van der Waals surface area contributed by atoms with E-state index < -0.39 is 56.5 Å². The van der Waals surface area contributed by atoms with Gasteiger partial charge in [-0.2, -0.15) is 5.10 Å². The van der Waals surface area contributed by atoms with Crippen molar-refractivity contribution in [3.8, 4) is 5.75 Å². The van der Waals surface area contributed by atoms with Gasteiger partial charge in [0.05, 0.1) is 30.3 Å². The van der Waals surface area contributed by atoms with Gasteiger partial charge >= 0.3 is 0 Å². The lowest BCUT2D eigenvalue weighted by Crippen LogP contribution is -2.59. The fraction of sp³-hybridized carbons (Fsp3) is 0.548. The molecule has 2 amide bonds. The summed E-state index contributed by atoms with van der Waals surface area (Å²) in [5, 5.41) is 9.51. The van der Waals surface area contributed by atoms with Crippen molar-refractivity contribution in [2.45, 2.75) is 95.0 Å². The number of ether oxygens (including phenoxy) is 1. The number of fused-ring (bicyclic) bond motifs is 1. The summed E-state index contributed by atoms with van der Waals surface area (Å²) in [5.41, 5.74) is 0.661. The number of pyridine rings is 1. The summed E-state index contributed by atoms with van der Waals surface area (Å²) < 4.78 is 40.8. The molecule has 12 heteroatoms. The van der Waals surface area contributed by atoms with E-state index in [1.54, 1.807) is 56.6 Å². The van der Waals surface area contributed by atoms with Crippen molar-refractivity contribution in [1.82, 2.24) is 20.1 Å². The molecule has 2 aromatic heterocycles. The van der Waals surface area contributed by atoms with Crippen molar-refractivity contribution < 1.29 is 27.5 Å². The van der Waals surface area contributed by atoms with E-state index in [4.69, 9.17) is 9.16 Å². The Labute approximate surface area is 252 Å². The molecule has 2 atom stereocenters. The van der Waals surface area contributed by atoms with Gasteiger partial charge in [-0.15, -0.1) is 0 Å². The van der Waals surface area contributed by atoms with Crippen molar-refractivity contribution in [3.63, 3.8) is 0 Å². The lowest BCUT2D eigenvalue weighted by molar-refractivity contribution is -0.149. The van der Waals surface area contributed by atoms with Crippen molar-refractivity contribution >= 4 is 37.0 Å². The van der Waals surface area contributed by atoms with Crippen LogP contribution in [-0.2, 0) is 19.4 Å². The summed E-state index contributed by atoms with van der Waals surface area (Å²) in [4.78, 5) is 34.5. The van der Waals surface area contributed by atoms with Gasteiger partial charge in [-0.3, -0.25) is 14.7 Å². The standard InChI is InChI=1S/C31H43F2N5O4Si/c1-20(42-43(7,8)29(2,3)4)26(27(39)36-25-14-13-23-24(35-25)19-34-37-23)38(5)28(40)30(15-17-31(32,33)18-16-30)21-9-11-22(41-6)12-10-21/h9-14,19-20,26H,15-18H2,1-8H3,(H,34,37)(H,35,36,39). The Kier molecular flexibility index (Phi) is 9.04. The summed E-state index contributed by atoms with van der Waals surface area (Å²) in [6.07, 6.45) is -0.121. The number of halogens is 2. The highest BCUT2D eigenvalue weighted by Crippen LogP contribution is 2.47. The van der Waals surface area contributed by atoms with Crippen LogP contribution in [0.25, 0.3) is 11.0 Å². The Hall–Kier alpha value is -3.38. The zero-order valence-corrected chi connectivity index (χ0v) is 27.3. The van der Waals surface area contributed by atoms with E-state index in [0.29, 0.717) is 28.2 Å². The van der Waals surface area contributed by atoms with E-state index >= 15 is 0 Å². The number of likely N-dealkylation sites (N-methyl/N-ethyl adjacent to an activating group) is 1. The van der Waals surface area contributed by atoms with Crippen LogP contribution in [0.1, 0.15) is 58.9 Å². The second-order valence-electron chi connectivity index (χ2n) is 13.1. The van der Waals surface area contributed by atoms with Crippen molar-refractivity contribution in [2.24, 2.45) is 0 Å². The number of aromatic amines is 1. The molecule has 1 fully saturated rings. The fourth-order valence-electron chi connectivity index (χ4n) is 5.55. The molecule has 2 heterocycles. The Balaban J connectivity index is 1.72. The summed E-state index contributed by atoms with van der Waals surface area (Å²) in [6.45, 7) is 12.2. The van der Waals surface area contributed by atoms with Crippen LogP contribution in [0, 0.1) is 0 Å². The van der Waals surface area contributed by atoms with Crippen LogP contribution in [0.3, 0.4) is 0 Å². The average Bonchev–Trinajstić information content (AvgIpc) is 3.40. The Morgan fingerprint density at radius 2 is 1.70 bits per heavy atom. The molecule has 2 unspecified atom stereocenters. The van der Waals surface area contributed by atoms with Crippen LogP contribution in [0.5, 0.6) is 5.75 Å². The zero-order chi connectivity index (χ0) is 31.8. The zero-order valence-electron chi connectivity index (χ0n) is 26.3. The first-order valence-electron chi connectivity index (χ1n) is 14.6. The van der Waals surface area contributed by atoms with E-state index in [2.05, 4.69) is 54.4 Å². The highest BCUT2D eigenvalue weighted by atomic mass is 28.4. The number of hydrogen-bond donors (Lipinski definition) is 2. The molecule has 0 bridgehead atoms. The third kappa shape index (κ3) is 6.74. The van der Waals surface area contributed by atoms with Gasteiger partial charge in [-0.25, -0.2) is 13.8 Å². The lowest BCUT2D eigenvalue weighted by Gasteiger charge is -2.45. The number of carbonyl (C=O) groups excluding carboxylic acids is 2. The third-order valence-corrected chi connectivity index (χ3v) is 13.7. The molecule has 9 nitrogen and oxygen atoms in total. The number of benzene rings is 1. The highest BCUT2D eigenvalue weighted by molar-refractivity contribution is 6.74. The highest BCUT2D eigenvalue weighted by Gasteiger charge is 2.52. The molecule has 4 rings (SSSR count). The predicted octanol–water partition coefficient (Wildman–Crippen LogP) is 6.29. The molecule has 0 saturated heterocycles. The van der Waals surface area contributed by atoms with E-state index in [9.17, 15) is 18.4 Å². The number of nitrogens with one attached hydrogen (secondary N) is 2. The molecule has 1 aliphatic carbocycles. The second-order valence-corrected chi connectivity index (χ2v) is 17.9. The number of H-pyrrole nitrogens is 1. The maximum absolute atomic E-state index is 14.6. The second kappa shape index (κ2) is 12.0. The molecule has 1 aliphatic rings. The number of nitrogens with zero attached hydrogens (tertiary/aromatic N) is 3. The van der Waals surface area contributed by atoms with Crippen LogP contribution in [0.15, 0.2) is 42.6 Å². The van der Waals surface area contributed by atoms with Gasteiger partial charge in [0.15, 0.2) is 8.32 Å². The Bertz CT molecular complexity index is 1440. The minimum absolute atomic E-state index is 0.0555. The molecular weight excluding hydrogens is 572 g/mol. The van der Waals surface area contributed by atoms with Crippen molar-refractivity contribution in [3.05, 3.63) is 48.2 Å². The molecule has 0 spiro atoms. The minimum Gasteiger partial charge on any atom is -0.497 e. The fourth-order valence-corrected chi connectivity index (χ4v) is 6.96. The van der Waals surface area contributed by atoms with Gasteiger partial charge in [0.1, 0.15) is 23.1 Å². The number of rotatable bonds is 9. The molecule has 43 heavy (non-hydrogen) atoms. The van der Waals surface area contributed by atoms with Crippen LogP contribution in [0.2, 0.25) is 18.1 Å². The predicted molar refractivity (Wildman–Crippen MR) is 165 cm³/mol. The van der Waals surface area contributed by atoms with Gasteiger partial charge in [-0.05, 0) is 67.7 Å². The largest absolute Gasteiger partial charge is 0.497 e.